The smallest absolute Gasteiger partial charge is 0.167 e. The van der Waals surface area contributed by atoms with Gasteiger partial charge in [-0.05, 0) is 34.1 Å². The van der Waals surface area contributed by atoms with Crippen LogP contribution in [-0.4, -0.2) is 11.6 Å². The minimum atomic E-state index is -0.211. The van der Waals surface area contributed by atoms with E-state index >= 15 is 0 Å². The highest BCUT2D eigenvalue weighted by Crippen LogP contribution is 2.41. The van der Waals surface area contributed by atoms with Gasteiger partial charge in [0.15, 0.2) is 5.78 Å². The van der Waals surface area contributed by atoms with Gasteiger partial charge in [0, 0.05) is 12.3 Å². The number of benzene rings is 1. The van der Waals surface area contributed by atoms with Crippen LogP contribution in [0.3, 0.4) is 0 Å². The molecular weight excluding hydrogens is 248 g/mol. The number of ketones is 2. The van der Waals surface area contributed by atoms with Crippen molar-refractivity contribution in [1.82, 2.24) is 0 Å². The molecule has 0 saturated heterocycles. The minimum Gasteiger partial charge on any atom is -0.299 e. The number of fused-ring (bicyclic) bond motifs is 4. The highest BCUT2D eigenvalue weighted by molar-refractivity contribution is 6.17. The predicted octanol–water partition coefficient (Wildman–Crippen LogP) is 1.29. The van der Waals surface area contributed by atoms with Gasteiger partial charge >= 0.3 is 0 Å². The van der Waals surface area contributed by atoms with E-state index in [-0.39, 0.29) is 23.4 Å². The molecule has 98 valence electrons. The molecule has 2 atom stereocenters. The SMILES string of the molecule is O=C1CC2=c3ccccc3=CC(=O)C2C2=CC=CCC12. The molecule has 0 N–H and O–H groups in total. The van der Waals surface area contributed by atoms with Gasteiger partial charge in [-0.1, -0.05) is 42.5 Å². The zero-order chi connectivity index (χ0) is 13.7. The number of rotatable bonds is 0. The Hall–Kier alpha value is -2.22. The molecule has 20 heavy (non-hydrogen) atoms. The summed E-state index contributed by atoms with van der Waals surface area (Å²) in [6.07, 6.45) is 8.84. The Morgan fingerprint density at radius 3 is 2.85 bits per heavy atom. The first-order valence-electron chi connectivity index (χ1n) is 6.99. The monoisotopic (exact) mass is 262 g/mol. The Balaban J connectivity index is 2.03. The van der Waals surface area contributed by atoms with E-state index in [9.17, 15) is 9.59 Å². The van der Waals surface area contributed by atoms with Gasteiger partial charge in [0.25, 0.3) is 0 Å². The third-order valence-corrected chi connectivity index (χ3v) is 4.52. The van der Waals surface area contributed by atoms with Gasteiger partial charge in [-0.3, -0.25) is 9.59 Å². The number of allylic oxidation sites excluding steroid dienone is 4. The summed E-state index contributed by atoms with van der Waals surface area (Å²) in [5, 5.41) is 2.02. The van der Waals surface area contributed by atoms with Crippen molar-refractivity contribution in [2.45, 2.75) is 12.8 Å². The molecule has 1 aromatic carbocycles. The average Bonchev–Trinajstić information content (AvgIpc) is 2.47. The highest BCUT2D eigenvalue weighted by Gasteiger charge is 2.40. The summed E-state index contributed by atoms with van der Waals surface area (Å²) in [7, 11) is 0. The van der Waals surface area contributed by atoms with Crippen LogP contribution in [0.1, 0.15) is 12.8 Å². The van der Waals surface area contributed by atoms with Gasteiger partial charge in [0.1, 0.15) is 5.78 Å². The van der Waals surface area contributed by atoms with E-state index in [2.05, 4.69) is 0 Å². The van der Waals surface area contributed by atoms with Crippen LogP contribution in [0.4, 0.5) is 0 Å². The molecule has 4 rings (SSSR count). The lowest BCUT2D eigenvalue weighted by atomic mass is 9.67. The van der Waals surface area contributed by atoms with Crippen molar-refractivity contribution in [2.75, 3.05) is 0 Å². The predicted molar refractivity (Wildman–Crippen MR) is 77.0 cm³/mol. The first-order valence-corrected chi connectivity index (χ1v) is 6.99. The van der Waals surface area contributed by atoms with E-state index in [1.165, 1.54) is 0 Å². The second-order valence-corrected chi connectivity index (χ2v) is 5.62. The maximum absolute atomic E-state index is 12.5. The molecule has 0 amide bonds. The summed E-state index contributed by atoms with van der Waals surface area (Å²) in [5.74, 6) is 0.0722. The largest absolute Gasteiger partial charge is 0.299 e. The van der Waals surface area contributed by atoms with Crippen molar-refractivity contribution in [1.29, 1.82) is 0 Å². The zero-order valence-corrected chi connectivity index (χ0v) is 11.0. The third kappa shape index (κ3) is 1.51. The van der Waals surface area contributed by atoms with Gasteiger partial charge in [0.05, 0.1) is 5.92 Å². The second kappa shape index (κ2) is 4.14. The van der Waals surface area contributed by atoms with Crippen LogP contribution in [0.2, 0.25) is 0 Å². The molecule has 2 unspecified atom stereocenters. The van der Waals surface area contributed by atoms with Crippen molar-refractivity contribution in [3.8, 4) is 0 Å². The fourth-order valence-electron chi connectivity index (χ4n) is 3.61. The first kappa shape index (κ1) is 11.6. The van der Waals surface area contributed by atoms with Gasteiger partial charge < -0.3 is 0 Å². The standard InChI is InChI=1S/C18H14O2/c19-16-10-15-12-6-2-1-5-11(12)9-17(20)18(15)14-8-4-3-7-13(14)16/h1-6,8-9,13,18H,7,10H2. The molecule has 1 saturated carbocycles. The summed E-state index contributed by atoms with van der Waals surface area (Å²) in [6, 6.07) is 7.87. The normalized spacial score (nSPS) is 27.2. The van der Waals surface area contributed by atoms with Crippen LogP contribution in [0.25, 0.3) is 11.6 Å². The van der Waals surface area contributed by atoms with Crippen molar-refractivity contribution >= 4 is 23.2 Å². The summed E-state index contributed by atoms with van der Waals surface area (Å²) in [5.41, 5.74) is 1.99. The quantitative estimate of drug-likeness (QED) is 0.706. The van der Waals surface area contributed by atoms with E-state index < -0.39 is 0 Å². The van der Waals surface area contributed by atoms with Crippen LogP contribution >= 0.6 is 0 Å². The highest BCUT2D eigenvalue weighted by atomic mass is 16.1. The van der Waals surface area contributed by atoms with Gasteiger partial charge in [-0.15, -0.1) is 0 Å². The van der Waals surface area contributed by atoms with E-state index in [0.717, 1.165) is 28.0 Å². The Labute approximate surface area is 116 Å². The fraction of sp³-hybridized carbons (Fsp3) is 0.222. The molecule has 0 aromatic heterocycles. The summed E-state index contributed by atoms with van der Waals surface area (Å²) >= 11 is 0. The lowest BCUT2D eigenvalue weighted by Gasteiger charge is -2.34. The number of hydrogen-bond donors (Lipinski definition) is 0. The molecule has 3 aliphatic carbocycles. The van der Waals surface area contributed by atoms with Gasteiger partial charge in [0.2, 0.25) is 0 Å². The molecule has 0 spiro atoms. The molecular formula is C18H14O2. The second-order valence-electron chi connectivity index (χ2n) is 5.62. The molecule has 2 heteroatoms. The Bertz CT molecular complexity index is 808. The number of carbonyl (C=O) groups excluding carboxylic acids is 2. The Kier molecular flexibility index (Phi) is 2.40. The van der Waals surface area contributed by atoms with Crippen LogP contribution in [0.15, 0.2) is 48.1 Å². The lowest BCUT2D eigenvalue weighted by Crippen LogP contribution is -2.43. The van der Waals surface area contributed by atoms with Crippen LogP contribution < -0.4 is 10.4 Å². The number of hydrogen-bond acceptors (Lipinski definition) is 2. The summed E-state index contributed by atoms with van der Waals surface area (Å²) in [6.45, 7) is 0. The van der Waals surface area contributed by atoms with E-state index in [1.807, 2.05) is 42.5 Å². The molecule has 3 aliphatic rings. The molecule has 0 aliphatic heterocycles. The van der Waals surface area contributed by atoms with Gasteiger partial charge in [-0.25, -0.2) is 0 Å². The van der Waals surface area contributed by atoms with Crippen LogP contribution in [0, 0.1) is 11.8 Å². The van der Waals surface area contributed by atoms with Crippen LogP contribution in [0.5, 0.6) is 0 Å². The third-order valence-electron chi connectivity index (χ3n) is 4.52. The molecule has 0 bridgehead atoms. The zero-order valence-electron chi connectivity index (χ0n) is 11.0. The maximum atomic E-state index is 12.5. The maximum Gasteiger partial charge on any atom is 0.167 e. The Morgan fingerprint density at radius 1 is 1.10 bits per heavy atom. The average molecular weight is 262 g/mol. The molecule has 2 nitrogen and oxygen atoms in total. The lowest BCUT2D eigenvalue weighted by molar-refractivity contribution is -0.122. The molecule has 0 radical (unpaired) electrons. The number of carbonyl (C=O) groups is 2. The van der Waals surface area contributed by atoms with Crippen molar-refractivity contribution in [2.24, 2.45) is 11.8 Å². The Morgan fingerprint density at radius 2 is 1.95 bits per heavy atom. The van der Waals surface area contributed by atoms with Gasteiger partial charge in [-0.2, -0.15) is 0 Å². The van der Waals surface area contributed by atoms with Crippen molar-refractivity contribution in [3.63, 3.8) is 0 Å². The van der Waals surface area contributed by atoms with Crippen molar-refractivity contribution in [3.05, 3.63) is 58.5 Å². The minimum absolute atomic E-state index is 0.0867. The van der Waals surface area contributed by atoms with Crippen molar-refractivity contribution < 1.29 is 9.59 Å². The van der Waals surface area contributed by atoms with E-state index in [0.29, 0.717) is 6.42 Å². The summed E-state index contributed by atoms with van der Waals surface area (Å²) < 4.78 is 0. The summed E-state index contributed by atoms with van der Waals surface area (Å²) in [4.78, 5) is 24.9. The molecule has 1 aromatic rings. The fourth-order valence-corrected chi connectivity index (χ4v) is 3.61. The first-order chi connectivity index (χ1) is 9.75. The topological polar surface area (TPSA) is 34.1 Å². The van der Waals surface area contributed by atoms with E-state index in [1.54, 1.807) is 6.08 Å². The van der Waals surface area contributed by atoms with Crippen LogP contribution in [-0.2, 0) is 9.59 Å². The van der Waals surface area contributed by atoms with E-state index in [4.69, 9.17) is 0 Å². The molecule has 0 heterocycles. The molecule has 1 fully saturated rings. The number of Topliss-reactive ketones (excluding diaryl/α,β-unsaturated/α-hetero) is 2.